The third-order valence-electron chi connectivity index (χ3n) is 3.85. The van der Waals surface area contributed by atoms with E-state index < -0.39 is 5.97 Å². The van der Waals surface area contributed by atoms with Crippen LogP contribution in [-0.2, 0) is 6.42 Å². The monoisotopic (exact) mass is 281 g/mol. The number of benzene rings is 2. The van der Waals surface area contributed by atoms with E-state index in [9.17, 15) is 9.59 Å². The van der Waals surface area contributed by atoms with Gasteiger partial charge in [-0.1, -0.05) is 18.2 Å². The molecule has 0 atom stereocenters. The zero-order valence-electron chi connectivity index (χ0n) is 11.7. The summed E-state index contributed by atoms with van der Waals surface area (Å²) in [6, 6.07) is 12.6. The van der Waals surface area contributed by atoms with Crippen LogP contribution in [0.2, 0.25) is 0 Å². The van der Waals surface area contributed by atoms with Gasteiger partial charge in [-0.25, -0.2) is 4.79 Å². The maximum absolute atomic E-state index is 12.6. The predicted octanol–water partition coefficient (Wildman–Crippen LogP) is 2.90. The Kier molecular flexibility index (Phi) is 3.22. The summed E-state index contributed by atoms with van der Waals surface area (Å²) in [6.07, 6.45) is 0.807. The van der Waals surface area contributed by atoms with Gasteiger partial charge in [0.1, 0.15) is 0 Å². The largest absolute Gasteiger partial charge is 0.478 e. The lowest BCUT2D eigenvalue weighted by Crippen LogP contribution is -2.37. The van der Waals surface area contributed by atoms with E-state index in [1.807, 2.05) is 24.3 Å². The minimum absolute atomic E-state index is 0.0284. The summed E-state index contributed by atoms with van der Waals surface area (Å²) in [4.78, 5) is 25.3. The van der Waals surface area contributed by atoms with Gasteiger partial charge in [-0.2, -0.15) is 0 Å². The second-order valence-electron chi connectivity index (χ2n) is 5.17. The molecule has 4 heteroatoms. The highest BCUT2D eigenvalue weighted by atomic mass is 16.4. The summed E-state index contributed by atoms with van der Waals surface area (Å²) >= 11 is 0. The summed E-state index contributed by atoms with van der Waals surface area (Å²) in [5, 5.41) is 9.07. The van der Waals surface area contributed by atoms with Crippen LogP contribution in [-0.4, -0.2) is 23.5 Å². The van der Waals surface area contributed by atoms with E-state index in [1.54, 1.807) is 30.0 Å². The van der Waals surface area contributed by atoms with Crippen molar-refractivity contribution < 1.29 is 14.7 Å². The van der Waals surface area contributed by atoms with Gasteiger partial charge in [0.25, 0.3) is 5.91 Å². The van der Waals surface area contributed by atoms with Crippen molar-refractivity contribution in [3.8, 4) is 0 Å². The number of aromatic carboxylic acids is 1. The molecule has 1 aliphatic rings. The van der Waals surface area contributed by atoms with Crippen LogP contribution < -0.4 is 4.90 Å². The lowest BCUT2D eigenvalue weighted by Gasteiger charge is -2.29. The van der Waals surface area contributed by atoms with Gasteiger partial charge >= 0.3 is 5.97 Å². The average Bonchev–Trinajstić information content (AvgIpc) is 2.47. The summed E-state index contributed by atoms with van der Waals surface area (Å²) in [7, 11) is 0. The Morgan fingerprint density at radius 3 is 2.67 bits per heavy atom. The summed E-state index contributed by atoms with van der Waals surface area (Å²) in [5.41, 5.74) is 3.47. The first-order valence-electron chi connectivity index (χ1n) is 6.81. The Labute approximate surface area is 122 Å². The number of hydrogen-bond acceptors (Lipinski definition) is 2. The number of carbonyl (C=O) groups excluding carboxylic acids is 1. The number of rotatable bonds is 2. The zero-order chi connectivity index (χ0) is 15.0. The molecule has 0 radical (unpaired) electrons. The van der Waals surface area contributed by atoms with Crippen molar-refractivity contribution >= 4 is 17.6 Å². The molecule has 1 amide bonds. The molecule has 2 aromatic rings. The first kappa shape index (κ1) is 13.4. The number of carboxylic acid groups (broad SMARTS) is 1. The van der Waals surface area contributed by atoms with Crippen LogP contribution in [0.3, 0.4) is 0 Å². The third-order valence-corrected chi connectivity index (χ3v) is 3.85. The number of carbonyl (C=O) groups is 2. The molecule has 2 aromatic carbocycles. The number of hydrogen-bond donors (Lipinski definition) is 1. The highest BCUT2D eigenvalue weighted by Gasteiger charge is 2.25. The molecule has 0 saturated heterocycles. The lowest BCUT2D eigenvalue weighted by atomic mass is 9.98. The molecule has 0 saturated carbocycles. The van der Waals surface area contributed by atoms with Crippen molar-refractivity contribution in [1.29, 1.82) is 0 Å². The van der Waals surface area contributed by atoms with Crippen molar-refractivity contribution in [2.45, 2.75) is 13.3 Å². The molecule has 3 rings (SSSR count). The SMILES string of the molecule is Cc1cc(N2CCc3ccccc3C2=O)ccc1C(=O)O. The minimum atomic E-state index is -0.950. The van der Waals surface area contributed by atoms with Gasteiger partial charge in [-0.3, -0.25) is 4.79 Å². The zero-order valence-corrected chi connectivity index (χ0v) is 11.7. The Bertz CT molecular complexity index is 737. The second-order valence-corrected chi connectivity index (χ2v) is 5.17. The quantitative estimate of drug-likeness (QED) is 0.920. The van der Waals surface area contributed by atoms with Gasteiger partial charge in [-0.05, 0) is 48.7 Å². The van der Waals surface area contributed by atoms with Crippen LogP contribution in [0.1, 0.15) is 31.8 Å². The van der Waals surface area contributed by atoms with Crippen molar-refractivity contribution in [3.63, 3.8) is 0 Å². The molecule has 0 fully saturated rings. The van der Waals surface area contributed by atoms with E-state index in [0.717, 1.165) is 23.2 Å². The Morgan fingerprint density at radius 1 is 1.19 bits per heavy atom. The van der Waals surface area contributed by atoms with Crippen LogP contribution in [0.25, 0.3) is 0 Å². The van der Waals surface area contributed by atoms with Crippen LogP contribution in [0.15, 0.2) is 42.5 Å². The molecule has 106 valence electrons. The molecular weight excluding hydrogens is 266 g/mol. The van der Waals surface area contributed by atoms with Crippen molar-refractivity contribution in [1.82, 2.24) is 0 Å². The van der Waals surface area contributed by atoms with Gasteiger partial charge < -0.3 is 10.0 Å². The maximum atomic E-state index is 12.6. The van der Waals surface area contributed by atoms with Gasteiger partial charge in [0.05, 0.1) is 5.56 Å². The van der Waals surface area contributed by atoms with Gasteiger partial charge in [0, 0.05) is 17.8 Å². The highest BCUT2D eigenvalue weighted by Crippen LogP contribution is 2.26. The fourth-order valence-corrected chi connectivity index (χ4v) is 2.73. The molecule has 0 aromatic heterocycles. The standard InChI is InChI=1S/C17H15NO3/c1-11-10-13(6-7-14(11)17(20)21)18-9-8-12-4-2-3-5-15(12)16(18)19/h2-7,10H,8-9H2,1H3,(H,20,21). The highest BCUT2D eigenvalue weighted by molar-refractivity contribution is 6.08. The normalized spacial score (nSPS) is 14.0. The van der Waals surface area contributed by atoms with Crippen LogP contribution in [0.4, 0.5) is 5.69 Å². The first-order valence-corrected chi connectivity index (χ1v) is 6.81. The number of aryl methyl sites for hydroxylation is 1. The molecule has 0 bridgehead atoms. The maximum Gasteiger partial charge on any atom is 0.335 e. The summed E-state index contributed by atoms with van der Waals surface area (Å²) in [6.45, 7) is 2.36. The van der Waals surface area contributed by atoms with Crippen LogP contribution >= 0.6 is 0 Å². The molecule has 1 heterocycles. The molecule has 0 unspecified atom stereocenters. The molecule has 1 N–H and O–H groups in total. The molecule has 4 nitrogen and oxygen atoms in total. The van der Waals surface area contributed by atoms with E-state index in [4.69, 9.17) is 5.11 Å². The Balaban J connectivity index is 1.97. The smallest absolute Gasteiger partial charge is 0.335 e. The first-order chi connectivity index (χ1) is 10.1. The topological polar surface area (TPSA) is 57.6 Å². The number of amides is 1. The summed E-state index contributed by atoms with van der Waals surface area (Å²) < 4.78 is 0. The Hall–Kier alpha value is -2.62. The van der Waals surface area contributed by atoms with E-state index in [1.165, 1.54) is 0 Å². The van der Waals surface area contributed by atoms with E-state index in [2.05, 4.69) is 0 Å². The Morgan fingerprint density at radius 2 is 1.95 bits per heavy atom. The molecular formula is C17H15NO3. The average molecular weight is 281 g/mol. The second kappa shape index (κ2) is 5.05. The van der Waals surface area contributed by atoms with Gasteiger partial charge in [0.15, 0.2) is 0 Å². The van der Waals surface area contributed by atoms with Crippen LogP contribution in [0, 0.1) is 6.92 Å². The van der Waals surface area contributed by atoms with Crippen molar-refractivity contribution in [2.24, 2.45) is 0 Å². The van der Waals surface area contributed by atoms with Crippen molar-refractivity contribution in [2.75, 3.05) is 11.4 Å². The molecule has 0 spiro atoms. The van der Waals surface area contributed by atoms with Gasteiger partial charge in [0.2, 0.25) is 0 Å². The summed E-state index contributed by atoms with van der Waals surface area (Å²) in [5.74, 6) is -0.978. The van der Waals surface area contributed by atoms with Crippen LogP contribution in [0.5, 0.6) is 0 Å². The molecule has 21 heavy (non-hydrogen) atoms. The van der Waals surface area contributed by atoms with Gasteiger partial charge in [-0.15, -0.1) is 0 Å². The third kappa shape index (κ3) is 2.29. The number of nitrogens with zero attached hydrogens (tertiary/aromatic N) is 1. The molecule has 1 aliphatic heterocycles. The molecule has 0 aliphatic carbocycles. The fraction of sp³-hybridized carbons (Fsp3) is 0.176. The number of anilines is 1. The predicted molar refractivity (Wildman–Crippen MR) is 80.0 cm³/mol. The lowest BCUT2D eigenvalue weighted by molar-refractivity contribution is 0.0696. The number of fused-ring (bicyclic) bond motifs is 1. The van der Waals surface area contributed by atoms with E-state index >= 15 is 0 Å². The number of carboxylic acids is 1. The minimum Gasteiger partial charge on any atom is -0.478 e. The van der Waals surface area contributed by atoms with E-state index in [-0.39, 0.29) is 11.5 Å². The fourth-order valence-electron chi connectivity index (χ4n) is 2.73. The van der Waals surface area contributed by atoms with Crippen molar-refractivity contribution in [3.05, 3.63) is 64.7 Å². The van der Waals surface area contributed by atoms with E-state index in [0.29, 0.717) is 12.1 Å².